The zero-order valence-corrected chi connectivity index (χ0v) is 6.80. The molecule has 0 aliphatic heterocycles. The van der Waals surface area contributed by atoms with E-state index in [4.69, 9.17) is 17.3 Å². The van der Waals surface area contributed by atoms with Gasteiger partial charge in [0, 0.05) is 7.05 Å². The van der Waals surface area contributed by atoms with E-state index in [0.29, 0.717) is 11.0 Å². The minimum atomic E-state index is -0.160. The van der Waals surface area contributed by atoms with Gasteiger partial charge in [-0.25, -0.2) is 4.98 Å². The molecule has 5 heteroatoms. The molecule has 1 aromatic heterocycles. The Morgan fingerprint density at radius 2 is 2.55 bits per heavy atom. The lowest BCUT2D eigenvalue weighted by Gasteiger charge is -1.97. The van der Waals surface area contributed by atoms with Crippen molar-refractivity contribution in [1.29, 1.82) is 0 Å². The highest BCUT2D eigenvalue weighted by molar-refractivity contribution is 6.28. The number of ketones is 1. The van der Waals surface area contributed by atoms with Crippen molar-refractivity contribution in [3.05, 3.63) is 17.2 Å². The molecule has 0 aliphatic rings. The van der Waals surface area contributed by atoms with Crippen molar-refractivity contribution in [3.63, 3.8) is 0 Å². The molecule has 0 spiro atoms. The molecule has 0 saturated heterocycles. The van der Waals surface area contributed by atoms with Crippen molar-refractivity contribution in [1.82, 2.24) is 9.55 Å². The molecule has 0 amide bonds. The number of carbonyl (C=O) groups is 1. The Morgan fingerprint density at radius 3 is 2.91 bits per heavy atom. The molecule has 60 valence electrons. The maximum absolute atomic E-state index is 11.0. The molecular formula is C6H8ClN3O. The summed E-state index contributed by atoms with van der Waals surface area (Å²) in [5.74, 6) is -0.160. The van der Waals surface area contributed by atoms with Crippen LogP contribution in [0.5, 0.6) is 0 Å². The summed E-state index contributed by atoms with van der Waals surface area (Å²) in [5, 5.41) is 0.293. The Kier molecular flexibility index (Phi) is 2.26. The van der Waals surface area contributed by atoms with Gasteiger partial charge in [0.15, 0.2) is 5.78 Å². The maximum atomic E-state index is 11.0. The molecule has 0 aliphatic carbocycles. The normalized spacial score (nSPS) is 10.1. The fourth-order valence-corrected chi connectivity index (χ4v) is 0.890. The molecule has 1 heterocycles. The van der Waals surface area contributed by atoms with E-state index in [2.05, 4.69) is 4.98 Å². The molecule has 0 saturated carbocycles. The highest BCUT2D eigenvalue weighted by Crippen LogP contribution is 2.07. The quantitative estimate of drug-likeness (QED) is 0.651. The van der Waals surface area contributed by atoms with Gasteiger partial charge in [-0.3, -0.25) is 4.79 Å². The molecule has 0 bridgehead atoms. The van der Waals surface area contributed by atoms with Crippen LogP contribution in [0, 0.1) is 0 Å². The summed E-state index contributed by atoms with van der Waals surface area (Å²) >= 11 is 5.59. The van der Waals surface area contributed by atoms with Gasteiger partial charge in [-0.15, -0.1) is 0 Å². The summed E-state index contributed by atoms with van der Waals surface area (Å²) in [6.45, 7) is -0.0180. The fourth-order valence-electron chi connectivity index (χ4n) is 0.751. The molecule has 4 nitrogen and oxygen atoms in total. The van der Waals surface area contributed by atoms with Crippen molar-refractivity contribution in [2.75, 3.05) is 6.54 Å². The van der Waals surface area contributed by atoms with E-state index in [1.165, 1.54) is 10.8 Å². The molecule has 11 heavy (non-hydrogen) atoms. The van der Waals surface area contributed by atoms with Crippen molar-refractivity contribution in [2.24, 2.45) is 12.8 Å². The third kappa shape index (κ3) is 1.41. The van der Waals surface area contributed by atoms with E-state index < -0.39 is 0 Å². The number of hydrogen-bond acceptors (Lipinski definition) is 3. The van der Waals surface area contributed by atoms with Gasteiger partial charge in [0.2, 0.25) is 5.28 Å². The lowest BCUT2D eigenvalue weighted by atomic mass is 10.3. The molecule has 0 unspecified atom stereocenters. The van der Waals surface area contributed by atoms with Gasteiger partial charge < -0.3 is 10.3 Å². The monoisotopic (exact) mass is 173 g/mol. The lowest BCUT2D eigenvalue weighted by molar-refractivity contribution is 0.0993. The molecule has 0 fully saturated rings. The summed E-state index contributed by atoms with van der Waals surface area (Å²) in [7, 11) is 1.66. The number of hydrogen-bond donors (Lipinski definition) is 1. The predicted molar refractivity (Wildman–Crippen MR) is 41.6 cm³/mol. The zero-order valence-electron chi connectivity index (χ0n) is 6.04. The van der Waals surface area contributed by atoms with Crippen LogP contribution in [0.2, 0.25) is 5.28 Å². The smallest absolute Gasteiger partial charge is 0.202 e. The first-order valence-corrected chi connectivity index (χ1v) is 3.45. The maximum Gasteiger partial charge on any atom is 0.202 e. The van der Waals surface area contributed by atoms with Crippen LogP contribution in [0.15, 0.2) is 6.20 Å². The number of Topliss-reactive ketones (excluding diaryl/α,β-unsaturated/α-hetero) is 1. The summed E-state index contributed by atoms with van der Waals surface area (Å²) in [6, 6.07) is 0. The van der Waals surface area contributed by atoms with Crippen LogP contribution in [-0.4, -0.2) is 21.9 Å². The second-order valence-corrected chi connectivity index (χ2v) is 2.44. The highest BCUT2D eigenvalue weighted by Gasteiger charge is 2.09. The SMILES string of the molecule is Cn1c(C(=O)CN)cnc1Cl. The van der Waals surface area contributed by atoms with E-state index >= 15 is 0 Å². The number of nitrogens with zero attached hydrogens (tertiary/aromatic N) is 2. The number of halogens is 1. The van der Waals surface area contributed by atoms with E-state index in [-0.39, 0.29) is 12.3 Å². The van der Waals surface area contributed by atoms with Gasteiger partial charge in [-0.2, -0.15) is 0 Å². The predicted octanol–water partition coefficient (Wildman–Crippen LogP) is 0.215. The number of nitrogens with two attached hydrogens (primary N) is 1. The second kappa shape index (κ2) is 3.02. The summed E-state index contributed by atoms with van der Waals surface area (Å²) in [5.41, 5.74) is 5.59. The van der Waals surface area contributed by atoms with Gasteiger partial charge in [-0.1, -0.05) is 0 Å². The molecular weight excluding hydrogens is 166 g/mol. The van der Waals surface area contributed by atoms with Crippen LogP contribution in [0.3, 0.4) is 0 Å². The molecule has 1 rings (SSSR count). The number of imidazole rings is 1. The molecule has 1 aromatic rings. The largest absolute Gasteiger partial charge is 0.324 e. The average Bonchev–Trinajstić information content (AvgIpc) is 2.32. The van der Waals surface area contributed by atoms with Gasteiger partial charge in [0.1, 0.15) is 5.69 Å². The first-order valence-electron chi connectivity index (χ1n) is 3.07. The topological polar surface area (TPSA) is 60.9 Å². The van der Waals surface area contributed by atoms with Gasteiger partial charge in [-0.05, 0) is 11.6 Å². The Balaban J connectivity index is 3.04. The van der Waals surface area contributed by atoms with Gasteiger partial charge >= 0.3 is 0 Å². The van der Waals surface area contributed by atoms with Crippen LogP contribution >= 0.6 is 11.6 Å². The van der Waals surface area contributed by atoms with Crippen molar-refractivity contribution in [3.8, 4) is 0 Å². The van der Waals surface area contributed by atoms with Crippen LogP contribution < -0.4 is 5.73 Å². The third-order valence-electron chi connectivity index (χ3n) is 1.40. The van der Waals surface area contributed by atoms with Crippen molar-refractivity contribution >= 4 is 17.4 Å². The average molecular weight is 174 g/mol. The lowest BCUT2D eigenvalue weighted by Crippen LogP contribution is -2.16. The van der Waals surface area contributed by atoms with E-state index in [0.717, 1.165) is 0 Å². The van der Waals surface area contributed by atoms with Gasteiger partial charge in [0.05, 0.1) is 12.7 Å². The van der Waals surface area contributed by atoms with Crippen LogP contribution in [0.4, 0.5) is 0 Å². The Morgan fingerprint density at radius 1 is 1.91 bits per heavy atom. The van der Waals surface area contributed by atoms with Crippen LogP contribution in [0.1, 0.15) is 10.5 Å². The number of rotatable bonds is 2. The summed E-state index contributed by atoms with van der Waals surface area (Å²) in [6.07, 6.45) is 1.41. The van der Waals surface area contributed by atoms with Crippen LogP contribution in [-0.2, 0) is 7.05 Å². The molecule has 0 radical (unpaired) electrons. The Labute approximate surface area is 69.0 Å². The minimum Gasteiger partial charge on any atom is -0.324 e. The number of aromatic nitrogens is 2. The first kappa shape index (κ1) is 8.23. The molecule has 2 N–H and O–H groups in total. The number of carbonyl (C=O) groups excluding carboxylic acids is 1. The minimum absolute atomic E-state index is 0.0180. The fraction of sp³-hybridized carbons (Fsp3) is 0.333. The Bertz CT molecular complexity index is 281. The second-order valence-electron chi connectivity index (χ2n) is 2.10. The first-order chi connectivity index (χ1) is 5.16. The van der Waals surface area contributed by atoms with E-state index in [1.54, 1.807) is 7.05 Å². The molecule has 0 atom stereocenters. The standard InChI is InChI=1S/C6H8ClN3O/c1-10-4(5(11)2-8)3-9-6(10)7/h3H,2,8H2,1H3. The summed E-state index contributed by atoms with van der Waals surface area (Å²) < 4.78 is 1.50. The third-order valence-corrected chi connectivity index (χ3v) is 1.75. The van der Waals surface area contributed by atoms with Crippen molar-refractivity contribution in [2.45, 2.75) is 0 Å². The van der Waals surface area contributed by atoms with E-state index in [1.807, 2.05) is 0 Å². The van der Waals surface area contributed by atoms with Crippen molar-refractivity contribution < 1.29 is 4.79 Å². The Hall–Kier alpha value is -0.870. The van der Waals surface area contributed by atoms with E-state index in [9.17, 15) is 4.79 Å². The molecule has 0 aromatic carbocycles. The summed E-state index contributed by atoms with van der Waals surface area (Å²) in [4.78, 5) is 14.7. The van der Waals surface area contributed by atoms with Crippen LogP contribution in [0.25, 0.3) is 0 Å². The highest BCUT2D eigenvalue weighted by atomic mass is 35.5. The zero-order chi connectivity index (χ0) is 8.43. The van der Waals surface area contributed by atoms with Gasteiger partial charge in [0.25, 0.3) is 0 Å².